The van der Waals surface area contributed by atoms with Crippen LogP contribution in [-0.2, 0) is 4.79 Å². The zero-order valence-corrected chi connectivity index (χ0v) is 28.6. The van der Waals surface area contributed by atoms with Crippen molar-refractivity contribution in [2.45, 2.75) is 205 Å². The standard InChI is InChI=1S/C38H73NO4/c1-3-5-7-9-11-13-15-17-18-19-20-21-23-25-27-29-31-33-37(42)39-35(34-40)38(43)36(41)32-30-28-26-24-22-16-14-12-10-8-6-4-2/h11,13,17-18,35-36,38,40-41,43H,3-10,12,14-16,19-34H2,1-2H3,(H,39,42)/b13-11-,18-17-. The Kier molecular flexibility index (Phi) is 32.8. The maximum Gasteiger partial charge on any atom is 0.220 e. The molecule has 0 aliphatic heterocycles. The molecule has 0 rings (SSSR count). The lowest BCUT2D eigenvalue weighted by molar-refractivity contribution is -0.124. The number of allylic oxidation sites excluding steroid dienone is 4. The van der Waals surface area contributed by atoms with Crippen molar-refractivity contribution >= 4 is 5.91 Å². The van der Waals surface area contributed by atoms with Gasteiger partial charge in [0.2, 0.25) is 5.91 Å². The van der Waals surface area contributed by atoms with E-state index in [2.05, 4.69) is 43.5 Å². The second-order valence-electron chi connectivity index (χ2n) is 12.8. The van der Waals surface area contributed by atoms with Gasteiger partial charge in [-0.3, -0.25) is 4.79 Å². The first-order chi connectivity index (χ1) is 21.1. The molecule has 5 nitrogen and oxygen atoms in total. The molecule has 0 saturated heterocycles. The first-order valence-electron chi connectivity index (χ1n) is 18.6. The lowest BCUT2D eigenvalue weighted by atomic mass is 9.99. The molecule has 0 spiro atoms. The highest BCUT2D eigenvalue weighted by Gasteiger charge is 2.26. The van der Waals surface area contributed by atoms with Crippen LogP contribution in [0.4, 0.5) is 0 Å². The number of unbranched alkanes of at least 4 members (excludes halogenated alkanes) is 21. The molecule has 0 aliphatic carbocycles. The third-order valence-corrected chi connectivity index (χ3v) is 8.56. The summed E-state index contributed by atoms with van der Waals surface area (Å²) in [5.74, 6) is -0.154. The van der Waals surface area contributed by atoms with Crippen LogP contribution in [0.2, 0.25) is 0 Å². The minimum atomic E-state index is -1.14. The SMILES string of the molecule is CCCCC/C=C\C/C=C\CCCCCCCCCC(=O)NC(CO)C(O)C(O)CCCCCCCCCCCCCC. The first kappa shape index (κ1) is 41.8. The van der Waals surface area contributed by atoms with E-state index < -0.39 is 18.2 Å². The van der Waals surface area contributed by atoms with Gasteiger partial charge in [-0.2, -0.15) is 0 Å². The van der Waals surface area contributed by atoms with Crippen molar-refractivity contribution in [3.8, 4) is 0 Å². The Bertz CT molecular complexity index is 635. The largest absolute Gasteiger partial charge is 0.394 e. The van der Waals surface area contributed by atoms with Gasteiger partial charge in [0.25, 0.3) is 0 Å². The van der Waals surface area contributed by atoms with Crippen molar-refractivity contribution < 1.29 is 20.1 Å². The summed E-state index contributed by atoms with van der Waals surface area (Å²) in [7, 11) is 0. The monoisotopic (exact) mass is 608 g/mol. The van der Waals surface area contributed by atoms with E-state index in [1.807, 2.05) is 0 Å². The molecule has 5 heteroatoms. The highest BCUT2D eigenvalue weighted by molar-refractivity contribution is 5.76. The maximum atomic E-state index is 12.3. The quantitative estimate of drug-likeness (QED) is 0.0441. The number of carbonyl (C=O) groups excluding carboxylic acids is 1. The molecule has 43 heavy (non-hydrogen) atoms. The van der Waals surface area contributed by atoms with Gasteiger partial charge in [0.15, 0.2) is 0 Å². The topological polar surface area (TPSA) is 89.8 Å². The molecule has 0 radical (unpaired) electrons. The molecule has 0 aromatic carbocycles. The molecule has 3 unspecified atom stereocenters. The molecule has 3 atom stereocenters. The lowest BCUT2D eigenvalue weighted by Gasteiger charge is -2.26. The van der Waals surface area contributed by atoms with Crippen LogP contribution in [0, 0.1) is 0 Å². The number of carbonyl (C=O) groups is 1. The van der Waals surface area contributed by atoms with Gasteiger partial charge in [-0.15, -0.1) is 0 Å². The Morgan fingerprint density at radius 1 is 0.581 bits per heavy atom. The van der Waals surface area contributed by atoms with Crippen LogP contribution in [0.1, 0.15) is 187 Å². The summed E-state index contributed by atoms with van der Waals surface area (Å²) in [6.45, 7) is 4.13. The molecule has 0 saturated carbocycles. The molecule has 0 heterocycles. The lowest BCUT2D eigenvalue weighted by Crippen LogP contribution is -2.50. The van der Waals surface area contributed by atoms with Crippen LogP contribution in [0.25, 0.3) is 0 Å². The summed E-state index contributed by atoms with van der Waals surface area (Å²) in [6, 6.07) is -0.810. The number of hydrogen-bond acceptors (Lipinski definition) is 4. The van der Waals surface area contributed by atoms with Crippen molar-refractivity contribution in [1.82, 2.24) is 5.32 Å². The van der Waals surface area contributed by atoms with Crippen LogP contribution in [0.15, 0.2) is 24.3 Å². The molecule has 4 N–H and O–H groups in total. The van der Waals surface area contributed by atoms with E-state index in [0.29, 0.717) is 12.8 Å². The summed E-state index contributed by atoms with van der Waals surface area (Å²) in [6.07, 6.45) is 38.3. The number of rotatable bonds is 33. The molecular weight excluding hydrogens is 534 g/mol. The summed E-state index contributed by atoms with van der Waals surface area (Å²) >= 11 is 0. The minimum Gasteiger partial charge on any atom is -0.394 e. The number of amides is 1. The van der Waals surface area contributed by atoms with Crippen molar-refractivity contribution in [2.24, 2.45) is 0 Å². The van der Waals surface area contributed by atoms with Gasteiger partial charge in [0.1, 0.15) is 6.10 Å². The number of aliphatic hydroxyl groups excluding tert-OH is 3. The zero-order valence-electron chi connectivity index (χ0n) is 28.6. The van der Waals surface area contributed by atoms with Crippen molar-refractivity contribution in [3.05, 3.63) is 24.3 Å². The van der Waals surface area contributed by atoms with E-state index in [-0.39, 0.29) is 12.5 Å². The number of aliphatic hydroxyl groups is 3. The fourth-order valence-electron chi connectivity index (χ4n) is 5.60. The van der Waals surface area contributed by atoms with E-state index in [9.17, 15) is 20.1 Å². The van der Waals surface area contributed by atoms with E-state index in [4.69, 9.17) is 0 Å². The van der Waals surface area contributed by atoms with Gasteiger partial charge in [0.05, 0.1) is 18.8 Å². The van der Waals surface area contributed by atoms with Gasteiger partial charge in [-0.25, -0.2) is 0 Å². The normalized spacial score (nSPS) is 14.1. The van der Waals surface area contributed by atoms with Gasteiger partial charge >= 0.3 is 0 Å². The minimum absolute atomic E-state index is 0.154. The molecule has 0 aromatic rings. The Labute approximate surface area is 267 Å². The Hall–Kier alpha value is -1.17. The third-order valence-electron chi connectivity index (χ3n) is 8.56. The predicted molar refractivity (Wildman–Crippen MR) is 185 cm³/mol. The Balaban J connectivity index is 3.70. The van der Waals surface area contributed by atoms with E-state index in [1.54, 1.807) is 0 Å². The second-order valence-corrected chi connectivity index (χ2v) is 12.8. The molecule has 0 aliphatic rings. The smallest absolute Gasteiger partial charge is 0.220 e. The van der Waals surface area contributed by atoms with E-state index >= 15 is 0 Å². The van der Waals surface area contributed by atoms with Crippen LogP contribution in [-0.4, -0.2) is 46.1 Å². The average Bonchev–Trinajstić information content (AvgIpc) is 3.01. The molecule has 0 bridgehead atoms. The fraction of sp³-hybridized carbons (Fsp3) is 0.868. The summed E-state index contributed by atoms with van der Waals surface area (Å²) < 4.78 is 0. The summed E-state index contributed by atoms with van der Waals surface area (Å²) in [4.78, 5) is 12.3. The van der Waals surface area contributed by atoms with Crippen LogP contribution in [0.3, 0.4) is 0 Å². The average molecular weight is 608 g/mol. The van der Waals surface area contributed by atoms with Crippen molar-refractivity contribution in [3.63, 3.8) is 0 Å². The highest BCUT2D eigenvalue weighted by Crippen LogP contribution is 2.15. The Morgan fingerprint density at radius 3 is 1.51 bits per heavy atom. The third kappa shape index (κ3) is 29.3. The van der Waals surface area contributed by atoms with Crippen LogP contribution in [0.5, 0.6) is 0 Å². The van der Waals surface area contributed by atoms with Crippen LogP contribution < -0.4 is 5.32 Å². The second kappa shape index (κ2) is 33.7. The van der Waals surface area contributed by atoms with Gasteiger partial charge in [-0.05, 0) is 44.9 Å². The molecule has 0 fully saturated rings. The Morgan fingerprint density at radius 2 is 1.00 bits per heavy atom. The van der Waals surface area contributed by atoms with Crippen molar-refractivity contribution in [1.29, 1.82) is 0 Å². The van der Waals surface area contributed by atoms with Gasteiger partial charge in [0, 0.05) is 6.42 Å². The number of nitrogens with one attached hydrogen (secondary N) is 1. The molecule has 0 aromatic heterocycles. The van der Waals surface area contributed by atoms with E-state index in [0.717, 1.165) is 51.4 Å². The van der Waals surface area contributed by atoms with Crippen molar-refractivity contribution in [2.75, 3.05) is 6.61 Å². The molecule has 254 valence electrons. The van der Waals surface area contributed by atoms with Gasteiger partial charge in [-0.1, -0.05) is 160 Å². The molecular formula is C38H73NO4. The summed E-state index contributed by atoms with van der Waals surface area (Å²) in [5.41, 5.74) is 0. The highest BCUT2D eigenvalue weighted by atomic mass is 16.3. The fourth-order valence-corrected chi connectivity index (χ4v) is 5.60. The molecule has 1 amide bonds. The predicted octanol–water partition coefficient (Wildman–Crippen LogP) is 9.87. The zero-order chi connectivity index (χ0) is 31.6. The maximum absolute atomic E-state index is 12.3. The van der Waals surface area contributed by atoms with Gasteiger partial charge < -0.3 is 20.6 Å². The number of hydrogen-bond donors (Lipinski definition) is 4. The summed E-state index contributed by atoms with van der Waals surface area (Å²) in [5, 5.41) is 33.3. The van der Waals surface area contributed by atoms with Crippen LogP contribution >= 0.6 is 0 Å². The van der Waals surface area contributed by atoms with E-state index in [1.165, 1.54) is 109 Å². The first-order valence-corrected chi connectivity index (χ1v) is 18.6.